The highest BCUT2D eigenvalue weighted by Gasteiger charge is 2.38. The van der Waals surface area contributed by atoms with Gasteiger partial charge in [0.2, 0.25) is 0 Å². The van der Waals surface area contributed by atoms with Gasteiger partial charge in [-0.1, -0.05) is 12.8 Å². The van der Waals surface area contributed by atoms with Crippen LogP contribution in [0.1, 0.15) is 47.5 Å². The van der Waals surface area contributed by atoms with Gasteiger partial charge in [-0.2, -0.15) is 5.10 Å². The molecule has 1 amide bonds. The Kier molecular flexibility index (Phi) is 4.40. The van der Waals surface area contributed by atoms with E-state index in [1.165, 1.54) is 11.3 Å². The number of thiazole rings is 1. The Balaban J connectivity index is 1.82. The minimum absolute atomic E-state index is 0.0357. The van der Waals surface area contributed by atoms with E-state index in [1.807, 2.05) is 13.2 Å². The van der Waals surface area contributed by atoms with Crippen LogP contribution in [0.25, 0.3) is 10.6 Å². The van der Waals surface area contributed by atoms with Crippen LogP contribution in [0.5, 0.6) is 0 Å². The average molecular weight is 348 g/mol. The van der Waals surface area contributed by atoms with Crippen LogP contribution in [0.2, 0.25) is 0 Å². The van der Waals surface area contributed by atoms with Gasteiger partial charge in [-0.15, -0.1) is 11.3 Å². The molecule has 1 fully saturated rings. The van der Waals surface area contributed by atoms with E-state index in [9.17, 15) is 9.59 Å². The minimum atomic E-state index is -0.880. The highest BCUT2D eigenvalue weighted by atomic mass is 32.1. The third-order valence-electron chi connectivity index (χ3n) is 4.38. The van der Waals surface area contributed by atoms with Gasteiger partial charge >= 0.3 is 5.97 Å². The van der Waals surface area contributed by atoms with Crippen LogP contribution in [0, 0.1) is 6.92 Å². The number of carbonyl (C=O) groups excluding carboxylic acids is 1. The lowest BCUT2D eigenvalue weighted by Crippen LogP contribution is -2.47. The monoisotopic (exact) mass is 348 g/mol. The molecule has 2 aromatic heterocycles. The van der Waals surface area contributed by atoms with E-state index in [-0.39, 0.29) is 12.3 Å². The van der Waals surface area contributed by atoms with Gasteiger partial charge in [0, 0.05) is 18.8 Å². The Morgan fingerprint density at radius 2 is 2.12 bits per heavy atom. The van der Waals surface area contributed by atoms with E-state index in [2.05, 4.69) is 15.4 Å². The first-order valence-electron chi connectivity index (χ1n) is 7.89. The summed E-state index contributed by atoms with van der Waals surface area (Å²) in [5.74, 6) is -1.11. The molecule has 0 bridgehead atoms. The minimum Gasteiger partial charge on any atom is -0.481 e. The molecule has 3 rings (SSSR count). The summed E-state index contributed by atoms with van der Waals surface area (Å²) in [5, 5.41) is 17.0. The Bertz CT molecular complexity index is 774. The van der Waals surface area contributed by atoms with E-state index in [0.29, 0.717) is 23.4 Å². The molecule has 0 aliphatic heterocycles. The summed E-state index contributed by atoms with van der Waals surface area (Å²) in [5.41, 5.74) is 0.888. The molecule has 24 heavy (non-hydrogen) atoms. The fourth-order valence-corrected chi connectivity index (χ4v) is 4.18. The maximum absolute atomic E-state index is 12.7. The lowest BCUT2D eigenvalue weighted by molar-refractivity contribution is -0.138. The molecular weight excluding hydrogens is 328 g/mol. The second-order valence-electron chi connectivity index (χ2n) is 6.35. The number of nitrogens with zero attached hydrogens (tertiary/aromatic N) is 3. The van der Waals surface area contributed by atoms with Crippen molar-refractivity contribution < 1.29 is 14.7 Å². The maximum Gasteiger partial charge on any atom is 0.305 e. The number of aryl methyl sites for hydroxylation is 2. The molecule has 1 aliphatic rings. The predicted octanol–water partition coefficient (Wildman–Crippen LogP) is 2.37. The third-order valence-corrected chi connectivity index (χ3v) is 5.59. The van der Waals surface area contributed by atoms with Gasteiger partial charge in [-0.05, 0) is 19.8 Å². The van der Waals surface area contributed by atoms with Crippen molar-refractivity contribution in [2.24, 2.45) is 7.05 Å². The zero-order valence-electron chi connectivity index (χ0n) is 13.7. The molecular formula is C16H20N4O3S. The van der Waals surface area contributed by atoms with Crippen LogP contribution < -0.4 is 5.32 Å². The Morgan fingerprint density at radius 3 is 2.71 bits per heavy atom. The molecule has 8 heteroatoms. The number of nitrogens with one attached hydrogen (secondary N) is 1. The molecule has 0 aromatic carbocycles. The number of hydrogen-bond acceptors (Lipinski definition) is 5. The second-order valence-corrected chi connectivity index (χ2v) is 7.35. The van der Waals surface area contributed by atoms with Crippen molar-refractivity contribution in [2.75, 3.05) is 0 Å². The van der Waals surface area contributed by atoms with Crippen molar-refractivity contribution in [2.45, 2.75) is 44.6 Å². The average Bonchev–Trinajstić information content (AvgIpc) is 3.19. The van der Waals surface area contributed by atoms with Crippen LogP contribution in [0.15, 0.2) is 12.4 Å². The van der Waals surface area contributed by atoms with E-state index >= 15 is 0 Å². The fourth-order valence-electron chi connectivity index (χ4n) is 3.25. The summed E-state index contributed by atoms with van der Waals surface area (Å²) in [6.07, 6.45) is 6.82. The number of aromatic nitrogens is 3. The molecule has 128 valence electrons. The summed E-state index contributed by atoms with van der Waals surface area (Å²) >= 11 is 1.31. The number of carboxylic acids is 1. The number of aliphatic carboxylic acids is 1. The zero-order chi connectivity index (χ0) is 17.3. The Hall–Kier alpha value is -2.22. The van der Waals surface area contributed by atoms with Crippen molar-refractivity contribution >= 4 is 23.2 Å². The molecule has 0 unspecified atom stereocenters. The number of carboxylic acid groups (broad SMARTS) is 1. The van der Waals surface area contributed by atoms with Crippen LogP contribution in [0.4, 0.5) is 0 Å². The molecule has 0 spiro atoms. The molecule has 1 aliphatic carbocycles. The Labute approximate surface area is 143 Å². The topological polar surface area (TPSA) is 97.1 Å². The Morgan fingerprint density at radius 1 is 1.42 bits per heavy atom. The highest BCUT2D eigenvalue weighted by molar-refractivity contribution is 7.17. The first-order chi connectivity index (χ1) is 11.4. The van der Waals surface area contributed by atoms with Crippen LogP contribution >= 0.6 is 11.3 Å². The van der Waals surface area contributed by atoms with Crippen molar-refractivity contribution in [1.82, 2.24) is 20.1 Å². The molecule has 1 saturated carbocycles. The second kappa shape index (κ2) is 6.35. The lowest BCUT2D eigenvalue weighted by atomic mass is 9.93. The van der Waals surface area contributed by atoms with Gasteiger partial charge in [-0.25, -0.2) is 4.98 Å². The van der Waals surface area contributed by atoms with Crippen LogP contribution in [-0.4, -0.2) is 37.3 Å². The van der Waals surface area contributed by atoms with Gasteiger partial charge in [0.1, 0.15) is 9.88 Å². The first kappa shape index (κ1) is 16.6. The molecule has 0 saturated heterocycles. The lowest BCUT2D eigenvalue weighted by Gasteiger charge is -2.28. The summed E-state index contributed by atoms with van der Waals surface area (Å²) in [7, 11) is 1.83. The third kappa shape index (κ3) is 3.33. The predicted molar refractivity (Wildman–Crippen MR) is 90.0 cm³/mol. The van der Waals surface area contributed by atoms with Crippen molar-refractivity contribution in [3.05, 3.63) is 23.0 Å². The maximum atomic E-state index is 12.7. The number of rotatable bonds is 5. The van der Waals surface area contributed by atoms with E-state index in [4.69, 9.17) is 5.11 Å². The van der Waals surface area contributed by atoms with Crippen molar-refractivity contribution in [3.63, 3.8) is 0 Å². The van der Waals surface area contributed by atoms with Crippen LogP contribution in [-0.2, 0) is 11.8 Å². The number of carbonyl (C=O) groups is 2. The zero-order valence-corrected chi connectivity index (χ0v) is 14.5. The number of amides is 1. The summed E-state index contributed by atoms with van der Waals surface area (Å²) in [6.45, 7) is 1.80. The molecule has 2 N–H and O–H groups in total. The molecule has 2 heterocycles. The molecule has 0 radical (unpaired) electrons. The highest BCUT2D eigenvalue weighted by Crippen LogP contribution is 2.34. The largest absolute Gasteiger partial charge is 0.481 e. The van der Waals surface area contributed by atoms with Gasteiger partial charge in [-0.3, -0.25) is 14.3 Å². The molecule has 0 atom stereocenters. The molecule has 2 aromatic rings. The van der Waals surface area contributed by atoms with Gasteiger partial charge < -0.3 is 10.4 Å². The van der Waals surface area contributed by atoms with Gasteiger partial charge in [0.05, 0.1) is 23.9 Å². The van der Waals surface area contributed by atoms with Crippen molar-refractivity contribution in [3.8, 4) is 10.6 Å². The fraction of sp³-hybridized carbons (Fsp3) is 0.500. The quantitative estimate of drug-likeness (QED) is 0.864. The molecule has 7 nitrogen and oxygen atoms in total. The first-order valence-corrected chi connectivity index (χ1v) is 8.71. The van der Waals surface area contributed by atoms with Crippen LogP contribution in [0.3, 0.4) is 0 Å². The SMILES string of the molecule is Cc1nc(-c2cnn(C)c2)sc1C(=O)NC1(CC(=O)O)CCCC1. The normalized spacial score (nSPS) is 16.2. The van der Waals surface area contributed by atoms with E-state index in [1.54, 1.807) is 17.8 Å². The van der Waals surface area contributed by atoms with Gasteiger partial charge in [0.15, 0.2) is 0 Å². The van der Waals surface area contributed by atoms with Crippen molar-refractivity contribution in [1.29, 1.82) is 0 Å². The summed E-state index contributed by atoms with van der Waals surface area (Å²) in [6, 6.07) is 0. The summed E-state index contributed by atoms with van der Waals surface area (Å²) < 4.78 is 1.69. The standard InChI is InChI=1S/C16H20N4O3S/c1-10-13(24-15(18-10)11-8-17-20(2)9-11)14(23)19-16(7-12(21)22)5-3-4-6-16/h8-9H,3-7H2,1-2H3,(H,19,23)(H,21,22). The smallest absolute Gasteiger partial charge is 0.305 e. The van der Waals surface area contributed by atoms with E-state index < -0.39 is 11.5 Å². The summed E-state index contributed by atoms with van der Waals surface area (Å²) in [4.78, 5) is 28.9. The van der Waals surface area contributed by atoms with E-state index in [0.717, 1.165) is 23.4 Å². The number of hydrogen-bond donors (Lipinski definition) is 2. The van der Waals surface area contributed by atoms with Gasteiger partial charge in [0.25, 0.3) is 5.91 Å².